The number of carbonyl (C=O) groups excluding carboxylic acids is 2. The molecule has 0 saturated carbocycles. The first-order chi connectivity index (χ1) is 23.4. The fraction of sp³-hybridized carbons (Fsp3) is 0.167. The van der Waals surface area contributed by atoms with Gasteiger partial charge in [0.2, 0.25) is 11.8 Å². The van der Waals surface area contributed by atoms with Crippen molar-refractivity contribution in [2.24, 2.45) is 0 Å². The molecule has 0 bridgehead atoms. The Morgan fingerprint density at radius 2 is 1.52 bits per heavy atom. The summed E-state index contributed by atoms with van der Waals surface area (Å²) in [6, 6.07) is 25.9. The quantitative estimate of drug-likeness (QED) is 0.125. The highest BCUT2D eigenvalue weighted by atomic mass is 19.1. The Kier molecular flexibility index (Phi) is 11.1. The van der Waals surface area contributed by atoms with E-state index in [2.05, 4.69) is 9.97 Å². The summed E-state index contributed by atoms with van der Waals surface area (Å²) < 4.78 is 50.4. The minimum atomic E-state index is -0.709. The van der Waals surface area contributed by atoms with Gasteiger partial charge in [-0.25, -0.2) is 18.7 Å². The molecular weight excluding hydrogens is 622 g/mol. The summed E-state index contributed by atoms with van der Waals surface area (Å²) in [6.07, 6.45) is 2.90. The third kappa shape index (κ3) is 8.02. The molecule has 48 heavy (non-hydrogen) atoms. The number of para-hydroxylation sites is 2. The van der Waals surface area contributed by atoms with Gasteiger partial charge < -0.3 is 23.8 Å². The van der Waals surface area contributed by atoms with Crippen molar-refractivity contribution in [1.29, 1.82) is 0 Å². The number of aromatic nitrogens is 2. The number of carbonyl (C=O) groups is 2. The second-order valence-electron chi connectivity index (χ2n) is 10.2. The highest BCUT2D eigenvalue weighted by Gasteiger charge is 2.30. The first-order valence-corrected chi connectivity index (χ1v) is 14.9. The van der Waals surface area contributed by atoms with Gasteiger partial charge in [-0.05, 0) is 66.7 Å². The van der Waals surface area contributed by atoms with Gasteiger partial charge in [-0.3, -0.25) is 14.5 Å². The summed E-state index contributed by atoms with van der Waals surface area (Å²) in [6.45, 7) is -0.0288. The molecule has 0 spiro atoms. The van der Waals surface area contributed by atoms with Gasteiger partial charge in [0.25, 0.3) is 5.91 Å². The highest BCUT2D eigenvalue weighted by Crippen LogP contribution is 2.40. The van der Waals surface area contributed by atoms with Crippen molar-refractivity contribution in [2.75, 3.05) is 36.8 Å². The lowest BCUT2D eigenvalue weighted by Gasteiger charge is -2.30. The summed E-state index contributed by atoms with van der Waals surface area (Å²) >= 11 is 0. The van der Waals surface area contributed by atoms with Crippen LogP contribution in [0, 0.1) is 5.82 Å². The molecule has 0 radical (unpaired) electrons. The van der Waals surface area contributed by atoms with Gasteiger partial charge in [-0.15, -0.1) is 0 Å². The van der Waals surface area contributed by atoms with Crippen LogP contribution in [0.15, 0.2) is 109 Å². The van der Waals surface area contributed by atoms with Gasteiger partial charge in [0.1, 0.15) is 36.2 Å². The molecule has 0 fully saturated rings. The third-order valence-corrected chi connectivity index (χ3v) is 6.97. The largest absolute Gasteiger partial charge is 0.497 e. The molecule has 0 saturated heterocycles. The van der Waals surface area contributed by atoms with Crippen LogP contribution in [0.5, 0.6) is 28.9 Å². The second kappa shape index (κ2) is 16.0. The Bertz CT molecular complexity index is 1860. The van der Waals surface area contributed by atoms with Gasteiger partial charge in [0.15, 0.2) is 24.0 Å². The molecule has 0 aliphatic rings. The average Bonchev–Trinajstić information content (AvgIpc) is 3.11. The predicted molar refractivity (Wildman–Crippen MR) is 175 cm³/mol. The van der Waals surface area contributed by atoms with Crippen LogP contribution >= 0.6 is 0 Å². The minimum Gasteiger partial charge on any atom is -0.497 e. The van der Waals surface area contributed by atoms with Crippen molar-refractivity contribution < 1.29 is 37.3 Å². The number of ether oxygens (including phenoxy) is 4. The van der Waals surface area contributed by atoms with Gasteiger partial charge in [0.05, 0.1) is 19.3 Å². The number of rotatable bonds is 14. The Morgan fingerprint density at radius 3 is 2.25 bits per heavy atom. The predicted octanol–water partition coefficient (Wildman–Crippen LogP) is 7.06. The molecule has 0 N–H and O–H groups in total. The maximum atomic E-state index is 14.7. The molecule has 2 heterocycles. The summed E-state index contributed by atoms with van der Waals surface area (Å²) in [7, 11) is 1.50. The molecule has 3 aromatic carbocycles. The Balaban J connectivity index is 1.61. The molecule has 5 aromatic rings. The number of hydrogen-bond donors (Lipinski definition) is 0. The summed E-state index contributed by atoms with van der Waals surface area (Å²) in [4.78, 5) is 39.0. The topological polar surface area (TPSA) is 103 Å². The number of pyridine rings is 2. The second-order valence-corrected chi connectivity index (χ2v) is 10.2. The number of alkyl halides is 1. The van der Waals surface area contributed by atoms with E-state index in [0.717, 1.165) is 0 Å². The minimum absolute atomic E-state index is 0.0369. The molecule has 0 unspecified atom stereocenters. The first-order valence-electron chi connectivity index (χ1n) is 14.9. The van der Waals surface area contributed by atoms with E-state index in [-0.39, 0.29) is 42.0 Å². The monoisotopic (exact) mass is 654 g/mol. The van der Waals surface area contributed by atoms with E-state index in [1.807, 2.05) is 6.07 Å². The van der Waals surface area contributed by atoms with Gasteiger partial charge in [-0.2, -0.15) is 0 Å². The highest BCUT2D eigenvalue weighted by molar-refractivity contribution is 6.06. The summed E-state index contributed by atoms with van der Waals surface area (Å²) in [5.74, 6) is -0.514. The smallest absolute Gasteiger partial charge is 0.270 e. The van der Waals surface area contributed by atoms with Crippen LogP contribution in [0.4, 0.5) is 26.0 Å². The Labute approximate surface area is 276 Å². The van der Waals surface area contributed by atoms with E-state index < -0.39 is 30.9 Å². The van der Waals surface area contributed by atoms with Crippen LogP contribution in [0.3, 0.4) is 0 Å². The standard InChI is InChI=1S/C36H32F2N4O6/c1-25(43)41(23-26-22-28(45-2)16-17-32(26)46-21-18-37)30-13-8-19-39-35(30)42(34(44)24-47-27-10-4-3-5-11-27)31-14-9-20-40-36(31)48-33-15-7-6-12-29(33)38/h3-17,19-20,22H,18,21,23-24H2,1-2H3. The van der Waals surface area contributed by atoms with E-state index in [0.29, 0.717) is 22.8 Å². The van der Waals surface area contributed by atoms with E-state index in [4.69, 9.17) is 18.9 Å². The number of benzene rings is 3. The fourth-order valence-corrected chi connectivity index (χ4v) is 4.76. The molecule has 10 nitrogen and oxygen atoms in total. The van der Waals surface area contributed by atoms with Crippen LogP contribution in [0.25, 0.3) is 0 Å². The van der Waals surface area contributed by atoms with Crippen LogP contribution in [0.2, 0.25) is 0 Å². The summed E-state index contributed by atoms with van der Waals surface area (Å²) in [5.41, 5.74) is 0.861. The molecular formula is C36H32F2N4O6. The molecule has 0 aliphatic heterocycles. The normalized spacial score (nSPS) is 10.6. The van der Waals surface area contributed by atoms with Crippen molar-refractivity contribution in [3.05, 3.63) is 121 Å². The zero-order chi connectivity index (χ0) is 33.9. The van der Waals surface area contributed by atoms with Crippen molar-refractivity contribution >= 4 is 29.0 Å². The number of halogens is 2. The first kappa shape index (κ1) is 33.3. The average molecular weight is 655 g/mol. The fourth-order valence-electron chi connectivity index (χ4n) is 4.76. The number of methoxy groups -OCH3 is 1. The lowest BCUT2D eigenvalue weighted by molar-refractivity contribution is -0.120. The molecule has 0 atom stereocenters. The molecule has 2 aromatic heterocycles. The lowest BCUT2D eigenvalue weighted by atomic mass is 10.1. The zero-order valence-electron chi connectivity index (χ0n) is 26.2. The number of hydrogen-bond acceptors (Lipinski definition) is 8. The van der Waals surface area contributed by atoms with Crippen molar-refractivity contribution in [3.8, 4) is 28.9 Å². The van der Waals surface area contributed by atoms with Crippen molar-refractivity contribution in [3.63, 3.8) is 0 Å². The van der Waals surface area contributed by atoms with Crippen LogP contribution in [-0.4, -0.2) is 48.8 Å². The van der Waals surface area contributed by atoms with Crippen LogP contribution < -0.4 is 28.7 Å². The van der Waals surface area contributed by atoms with E-state index in [9.17, 15) is 18.4 Å². The van der Waals surface area contributed by atoms with E-state index in [1.165, 1.54) is 54.4 Å². The van der Waals surface area contributed by atoms with E-state index >= 15 is 0 Å². The van der Waals surface area contributed by atoms with Crippen LogP contribution in [0.1, 0.15) is 12.5 Å². The van der Waals surface area contributed by atoms with Gasteiger partial charge >= 0.3 is 0 Å². The Morgan fingerprint density at radius 1 is 0.792 bits per heavy atom. The molecule has 2 amide bonds. The van der Waals surface area contributed by atoms with Gasteiger partial charge in [0, 0.05) is 24.9 Å². The van der Waals surface area contributed by atoms with Crippen LogP contribution in [-0.2, 0) is 16.1 Å². The third-order valence-electron chi connectivity index (χ3n) is 6.97. The van der Waals surface area contributed by atoms with Crippen molar-refractivity contribution in [1.82, 2.24) is 9.97 Å². The lowest BCUT2D eigenvalue weighted by Crippen LogP contribution is -2.35. The van der Waals surface area contributed by atoms with Gasteiger partial charge in [-0.1, -0.05) is 30.3 Å². The maximum Gasteiger partial charge on any atom is 0.270 e. The molecule has 12 heteroatoms. The SMILES string of the molecule is COc1ccc(OCCF)c(CN(C(C)=O)c2cccnc2N(C(=O)COc2ccccc2)c2cccnc2Oc2ccccc2F)c1. The molecule has 0 aliphatic carbocycles. The zero-order valence-corrected chi connectivity index (χ0v) is 26.2. The summed E-state index contributed by atoms with van der Waals surface area (Å²) in [5, 5.41) is 0. The van der Waals surface area contributed by atoms with E-state index in [1.54, 1.807) is 72.8 Å². The van der Waals surface area contributed by atoms with Crippen molar-refractivity contribution in [2.45, 2.75) is 13.5 Å². The Hall–Kier alpha value is -6.04. The number of amides is 2. The maximum absolute atomic E-state index is 14.7. The molecule has 246 valence electrons. The number of nitrogens with zero attached hydrogens (tertiary/aromatic N) is 4. The number of anilines is 3. The molecule has 5 rings (SSSR count).